The minimum atomic E-state index is -0.226. The molecule has 1 heterocycles. The quantitative estimate of drug-likeness (QED) is 0.305. The van der Waals surface area contributed by atoms with Gasteiger partial charge in [0.2, 0.25) is 0 Å². The molecular formula is C23H32FIN4O2. The van der Waals surface area contributed by atoms with Gasteiger partial charge in [-0.25, -0.2) is 4.39 Å². The van der Waals surface area contributed by atoms with Crippen LogP contribution >= 0.6 is 24.0 Å². The van der Waals surface area contributed by atoms with Crippen LogP contribution in [0.4, 0.5) is 4.39 Å². The molecule has 31 heavy (non-hydrogen) atoms. The molecule has 6 nitrogen and oxygen atoms in total. The lowest BCUT2D eigenvalue weighted by Crippen LogP contribution is -2.46. The van der Waals surface area contributed by atoms with Crippen LogP contribution < -0.4 is 10.6 Å². The third-order valence-corrected chi connectivity index (χ3v) is 5.34. The summed E-state index contributed by atoms with van der Waals surface area (Å²) in [5.41, 5.74) is 2.18. The van der Waals surface area contributed by atoms with E-state index in [1.54, 1.807) is 14.2 Å². The van der Waals surface area contributed by atoms with Crippen molar-refractivity contribution in [1.29, 1.82) is 0 Å². The Morgan fingerprint density at radius 3 is 2.29 bits per heavy atom. The van der Waals surface area contributed by atoms with Gasteiger partial charge in [-0.2, -0.15) is 0 Å². The maximum absolute atomic E-state index is 13.4. The van der Waals surface area contributed by atoms with E-state index in [4.69, 9.17) is 9.47 Å². The Hall–Kier alpha value is -1.75. The summed E-state index contributed by atoms with van der Waals surface area (Å²) in [6.07, 6.45) is -0.0723. The molecule has 0 amide bonds. The monoisotopic (exact) mass is 542 g/mol. The van der Waals surface area contributed by atoms with Crippen LogP contribution in [-0.4, -0.2) is 64.4 Å². The lowest BCUT2D eigenvalue weighted by Gasteiger charge is -2.35. The highest BCUT2D eigenvalue weighted by molar-refractivity contribution is 14.0. The Morgan fingerprint density at radius 2 is 1.68 bits per heavy atom. The topological polar surface area (TPSA) is 58.1 Å². The Balaban J connectivity index is 0.00000341. The Labute approximate surface area is 201 Å². The third kappa shape index (κ3) is 7.71. The number of halogens is 2. The molecule has 3 rings (SSSR count). The predicted molar refractivity (Wildman–Crippen MR) is 133 cm³/mol. The molecule has 0 aromatic heterocycles. The first kappa shape index (κ1) is 25.5. The molecule has 8 heteroatoms. The second-order valence-electron chi connectivity index (χ2n) is 7.18. The molecule has 0 bridgehead atoms. The van der Waals surface area contributed by atoms with E-state index in [1.807, 2.05) is 30.3 Å². The average Bonchev–Trinajstić information content (AvgIpc) is 2.80. The molecule has 170 valence electrons. The molecular weight excluding hydrogens is 510 g/mol. The SMILES string of the molecule is CN=C(NCC(OC)c1ccccc1)NCC(c1ccc(F)cc1)N1CCOCC1.I. The molecule has 0 aliphatic carbocycles. The van der Waals surface area contributed by atoms with Crippen molar-refractivity contribution in [1.82, 2.24) is 15.5 Å². The normalized spacial score (nSPS) is 16.8. The summed E-state index contributed by atoms with van der Waals surface area (Å²) in [5, 5.41) is 6.77. The van der Waals surface area contributed by atoms with Crippen molar-refractivity contribution in [2.24, 2.45) is 4.99 Å². The zero-order valence-electron chi connectivity index (χ0n) is 18.1. The van der Waals surface area contributed by atoms with E-state index in [-0.39, 0.29) is 41.9 Å². The van der Waals surface area contributed by atoms with Crippen LogP contribution in [0.1, 0.15) is 23.3 Å². The number of ether oxygens (including phenoxy) is 2. The fourth-order valence-corrected chi connectivity index (χ4v) is 3.64. The summed E-state index contributed by atoms with van der Waals surface area (Å²) < 4.78 is 24.5. The van der Waals surface area contributed by atoms with Gasteiger partial charge in [0, 0.05) is 40.3 Å². The number of benzene rings is 2. The van der Waals surface area contributed by atoms with Gasteiger partial charge in [-0.1, -0.05) is 42.5 Å². The van der Waals surface area contributed by atoms with Crippen LogP contribution in [0.2, 0.25) is 0 Å². The summed E-state index contributed by atoms with van der Waals surface area (Å²) in [6.45, 7) is 4.34. The van der Waals surface area contributed by atoms with Gasteiger partial charge in [-0.3, -0.25) is 9.89 Å². The molecule has 1 fully saturated rings. The third-order valence-electron chi connectivity index (χ3n) is 5.34. The molecule has 1 aliphatic rings. The van der Waals surface area contributed by atoms with E-state index in [1.165, 1.54) is 12.1 Å². The van der Waals surface area contributed by atoms with Gasteiger partial charge in [-0.05, 0) is 23.3 Å². The maximum Gasteiger partial charge on any atom is 0.191 e. The molecule has 0 spiro atoms. The van der Waals surface area contributed by atoms with Crippen LogP contribution in [0.3, 0.4) is 0 Å². The van der Waals surface area contributed by atoms with Crippen LogP contribution in [0.25, 0.3) is 0 Å². The van der Waals surface area contributed by atoms with E-state index in [0.29, 0.717) is 32.3 Å². The molecule has 2 unspecified atom stereocenters. The Kier molecular flexibility index (Phi) is 11.2. The van der Waals surface area contributed by atoms with Gasteiger partial charge in [-0.15, -0.1) is 24.0 Å². The predicted octanol–water partition coefficient (Wildman–Crippen LogP) is 3.37. The highest BCUT2D eigenvalue weighted by Crippen LogP contribution is 2.22. The summed E-state index contributed by atoms with van der Waals surface area (Å²) >= 11 is 0. The van der Waals surface area contributed by atoms with Crippen LogP contribution in [0.15, 0.2) is 59.6 Å². The van der Waals surface area contributed by atoms with Crippen LogP contribution in [0.5, 0.6) is 0 Å². The smallest absolute Gasteiger partial charge is 0.191 e. The van der Waals surface area contributed by atoms with Crippen molar-refractivity contribution in [3.63, 3.8) is 0 Å². The number of hydrogen-bond donors (Lipinski definition) is 2. The first-order chi connectivity index (χ1) is 14.7. The van der Waals surface area contributed by atoms with Crippen molar-refractivity contribution in [2.75, 3.05) is 53.6 Å². The van der Waals surface area contributed by atoms with E-state index in [2.05, 4.69) is 32.7 Å². The summed E-state index contributed by atoms with van der Waals surface area (Å²) in [5.74, 6) is 0.477. The maximum atomic E-state index is 13.4. The lowest BCUT2D eigenvalue weighted by atomic mass is 10.0. The van der Waals surface area contributed by atoms with Crippen molar-refractivity contribution < 1.29 is 13.9 Å². The zero-order valence-corrected chi connectivity index (χ0v) is 20.4. The molecule has 2 aromatic carbocycles. The number of nitrogens with zero attached hydrogens (tertiary/aromatic N) is 2. The summed E-state index contributed by atoms with van der Waals surface area (Å²) in [4.78, 5) is 6.71. The fraction of sp³-hybridized carbons (Fsp3) is 0.435. The van der Waals surface area contributed by atoms with E-state index < -0.39 is 0 Å². The molecule has 2 atom stereocenters. The molecule has 0 saturated carbocycles. The van der Waals surface area contributed by atoms with Gasteiger partial charge in [0.1, 0.15) is 5.82 Å². The number of nitrogens with one attached hydrogen (secondary N) is 2. The Morgan fingerprint density at radius 1 is 1.03 bits per heavy atom. The number of methoxy groups -OCH3 is 1. The second kappa shape index (κ2) is 13.6. The summed E-state index contributed by atoms with van der Waals surface area (Å²) in [6, 6.07) is 16.9. The van der Waals surface area contributed by atoms with Gasteiger partial charge < -0.3 is 20.1 Å². The first-order valence-corrected chi connectivity index (χ1v) is 10.3. The van der Waals surface area contributed by atoms with Gasteiger partial charge in [0.25, 0.3) is 0 Å². The molecule has 2 N–H and O–H groups in total. The molecule has 1 saturated heterocycles. The van der Waals surface area contributed by atoms with Crippen molar-refractivity contribution in [3.05, 3.63) is 71.5 Å². The van der Waals surface area contributed by atoms with E-state index in [0.717, 1.165) is 24.2 Å². The Bertz CT molecular complexity index is 786. The average molecular weight is 542 g/mol. The standard InChI is InChI=1S/C23H31FN4O2.HI/c1-25-23(27-17-22(29-2)19-6-4-3-5-7-19)26-16-21(28-12-14-30-15-13-28)18-8-10-20(24)11-9-18;/h3-11,21-22H,12-17H2,1-2H3,(H2,25,26,27);1H. The van der Waals surface area contributed by atoms with Crippen molar-refractivity contribution in [3.8, 4) is 0 Å². The molecule has 1 aliphatic heterocycles. The zero-order chi connectivity index (χ0) is 21.2. The summed E-state index contributed by atoms with van der Waals surface area (Å²) in [7, 11) is 3.46. The second-order valence-corrected chi connectivity index (χ2v) is 7.18. The highest BCUT2D eigenvalue weighted by atomic mass is 127. The van der Waals surface area contributed by atoms with E-state index >= 15 is 0 Å². The number of morpholine rings is 1. The van der Waals surface area contributed by atoms with Crippen molar-refractivity contribution >= 4 is 29.9 Å². The van der Waals surface area contributed by atoms with Crippen LogP contribution in [-0.2, 0) is 9.47 Å². The molecule has 0 radical (unpaired) electrons. The number of rotatable bonds is 8. The van der Waals surface area contributed by atoms with Crippen LogP contribution in [0, 0.1) is 5.82 Å². The molecule has 2 aromatic rings. The largest absolute Gasteiger partial charge is 0.379 e. The number of hydrogen-bond acceptors (Lipinski definition) is 4. The van der Waals surface area contributed by atoms with Gasteiger partial charge >= 0.3 is 0 Å². The van der Waals surface area contributed by atoms with Crippen molar-refractivity contribution in [2.45, 2.75) is 12.1 Å². The van der Waals surface area contributed by atoms with E-state index in [9.17, 15) is 4.39 Å². The van der Waals surface area contributed by atoms with Gasteiger partial charge in [0.15, 0.2) is 5.96 Å². The lowest BCUT2D eigenvalue weighted by molar-refractivity contribution is 0.0169. The highest BCUT2D eigenvalue weighted by Gasteiger charge is 2.23. The fourth-order valence-electron chi connectivity index (χ4n) is 3.64. The minimum absolute atomic E-state index is 0. The number of guanidine groups is 1. The minimum Gasteiger partial charge on any atom is -0.379 e. The van der Waals surface area contributed by atoms with Gasteiger partial charge in [0.05, 0.1) is 25.4 Å². The number of aliphatic imine (C=N–C) groups is 1. The first-order valence-electron chi connectivity index (χ1n) is 10.3.